The highest BCUT2D eigenvalue weighted by atomic mass is 35.5. The van der Waals surface area contributed by atoms with Gasteiger partial charge in [-0.3, -0.25) is 10.1 Å². The van der Waals surface area contributed by atoms with Gasteiger partial charge in [0.25, 0.3) is 0 Å². The largest absolute Gasteiger partial charge is 0.497 e. The monoisotopic (exact) mass is 314 g/mol. The Kier molecular flexibility index (Phi) is 4.21. The zero-order valence-electron chi connectivity index (χ0n) is 10.1. The molecule has 0 aliphatic rings. The average molecular weight is 315 g/mol. The molecule has 0 bridgehead atoms. The first-order chi connectivity index (χ1) is 9.51. The van der Waals surface area contributed by atoms with E-state index in [4.69, 9.17) is 27.9 Å². The van der Waals surface area contributed by atoms with E-state index in [0.717, 1.165) is 6.20 Å². The summed E-state index contributed by atoms with van der Waals surface area (Å²) in [6.07, 6.45) is 1.02. The van der Waals surface area contributed by atoms with E-state index in [-0.39, 0.29) is 16.8 Å². The third kappa shape index (κ3) is 3.06. The van der Waals surface area contributed by atoms with Crippen LogP contribution in [-0.2, 0) is 0 Å². The van der Waals surface area contributed by atoms with Crippen LogP contribution < -0.4 is 10.1 Å². The summed E-state index contributed by atoms with van der Waals surface area (Å²) in [5.74, 6) is 0.491. The lowest BCUT2D eigenvalue weighted by Crippen LogP contribution is -2.01. The topological polar surface area (TPSA) is 90.2 Å². The number of hydrogen-bond acceptors (Lipinski definition) is 6. The van der Waals surface area contributed by atoms with Gasteiger partial charge in [0.15, 0.2) is 0 Å². The van der Waals surface area contributed by atoms with E-state index in [9.17, 15) is 10.1 Å². The molecule has 1 N–H and O–H groups in total. The molecular weight excluding hydrogens is 307 g/mol. The highest BCUT2D eigenvalue weighted by Gasteiger charge is 2.18. The number of benzene rings is 1. The summed E-state index contributed by atoms with van der Waals surface area (Å²) in [5.41, 5.74) is 0.0946. The van der Waals surface area contributed by atoms with Crippen LogP contribution in [0.2, 0.25) is 10.3 Å². The second-order valence-electron chi connectivity index (χ2n) is 3.60. The van der Waals surface area contributed by atoms with Crippen LogP contribution in [0.5, 0.6) is 5.75 Å². The summed E-state index contributed by atoms with van der Waals surface area (Å²) in [6.45, 7) is 0. The van der Waals surface area contributed by atoms with Gasteiger partial charge in [0.1, 0.15) is 11.9 Å². The van der Waals surface area contributed by atoms with Gasteiger partial charge in [-0.05, 0) is 23.7 Å². The fourth-order valence-electron chi connectivity index (χ4n) is 1.43. The van der Waals surface area contributed by atoms with Crippen molar-refractivity contribution in [3.63, 3.8) is 0 Å². The Balaban J connectivity index is 2.43. The van der Waals surface area contributed by atoms with Gasteiger partial charge in [-0.1, -0.05) is 11.6 Å². The maximum absolute atomic E-state index is 10.9. The number of nitrogens with one attached hydrogen (secondary N) is 1. The molecule has 7 nitrogen and oxygen atoms in total. The molecular formula is C11H8Cl2N4O3. The molecule has 20 heavy (non-hydrogen) atoms. The summed E-state index contributed by atoms with van der Waals surface area (Å²) < 4.78 is 5.06. The van der Waals surface area contributed by atoms with Gasteiger partial charge in [-0.2, -0.15) is 4.98 Å². The Labute approximate surface area is 123 Å². The molecule has 0 fully saturated rings. The van der Waals surface area contributed by atoms with Gasteiger partial charge in [0.2, 0.25) is 11.1 Å². The summed E-state index contributed by atoms with van der Waals surface area (Å²) in [5, 5.41) is 13.9. The lowest BCUT2D eigenvalue weighted by Gasteiger charge is -2.09. The first-order valence-corrected chi connectivity index (χ1v) is 6.04. The standard InChI is InChI=1S/C11H8Cl2N4O3/c1-20-6-2-3-7(12)8(4-6)15-10-9(17(18)19)5-14-11(13)16-10/h2-5H,1H3,(H,14,15,16). The number of methoxy groups -OCH3 is 1. The highest BCUT2D eigenvalue weighted by Crippen LogP contribution is 2.32. The molecule has 1 heterocycles. The van der Waals surface area contributed by atoms with Gasteiger partial charge in [0, 0.05) is 6.07 Å². The number of nitrogens with zero attached hydrogens (tertiary/aromatic N) is 3. The minimum Gasteiger partial charge on any atom is -0.497 e. The van der Waals surface area contributed by atoms with E-state index in [1.165, 1.54) is 7.11 Å². The Hall–Kier alpha value is -2.12. The number of halogens is 2. The molecule has 0 radical (unpaired) electrons. The van der Waals surface area contributed by atoms with E-state index >= 15 is 0 Å². The molecule has 0 aliphatic heterocycles. The van der Waals surface area contributed by atoms with Crippen LogP contribution in [0, 0.1) is 10.1 Å². The lowest BCUT2D eigenvalue weighted by atomic mass is 10.3. The molecule has 2 rings (SSSR count). The predicted octanol–water partition coefficient (Wildman–Crippen LogP) is 3.44. The molecule has 1 aromatic carbocycles. The average Bonchev–Trinajstić information content (AvgIpc) is 2.41. The van der Waals surface area contributed by atoms with E-state index in [1.54, 1.807) is 18.2 Å². The van der Waals surface area contributed by atoms with Gasteiger partial charge in [-0.25, -0.2) is 4.98 Å². The molecule has 0 atom stereocenters. The number of nitro groups is 1. The molecule has 2 aromatic rings. The van der Waals surface area contributed by atoms with Crippen molar-refractivity contribution < 1.29 is 9.66 Å². The first kappa shape index (κ1) is 14.3. The van der Waals surface area contributed by atoms with Crippen molar-refractivity contribution in [2.75, 3.05) is 12.4 Å². The van der Waals surface area contributed by atoms with E-state index in [0.29, 0.717) is 16.5 Å². The Morgan fingerprint density at radius 2 is 2.15 bits per heavy atom. The van der Waals surface area contributed by atoms with Gasteiger partial charge in [0.05, 0.1) is 22.7 Å². The summed E-state index contributed by atoms with van der Waals surface area (Å²) >= 11 is 11.7. The number of rotatable bonds is 4. The molecule has 104 valence electrons. The Bertz CT molecular complexity index is 666. The fourth-order valence-corrected chi connectivity index (χ4v) is 1.73. The molecule has 0 amide bonds. The zero-order chi connectivity index (χ0) is 14.7. The fraction of sp³-hybridized carbons (Fsp3) is 0.0909. The van der Waals surface area contributed by atoms with Crippen LogP contribution in [0.15, 0.2) is 24.4 Å². The SMILES string of the molecule is COc1ccc(Cl)c(Nc2nc(Cl)ncc2[N+](=O)[O-])c1. The minimum absolute atomic E-state index is 0.0508. The Morgan fingerprint density at radius 3 is 2.80 bits per heavy atom. The van der Waals surface area contributed by atoms with Crippen molar-refractivity contribution in [2.45, 2.75) is 0 Å². The van der Waals surface area contributed by atoms with Crippen LogP contribution in [0.1, 0.15) is 0 Å². The lowest BCUT2D eigenvalue weighted by molar-refractivity contribution is -0.384. The molecule has 0 aliphatic carbocycles. The van der Waals surface area contributed by atoms with Crippen molar-refractivity contribution in [1.29, 1.82) is 0 Å². The van der Waals surface area contributed by atoms with Crippen LogP contribution in [0.4, 0.5) is 17.2 Å². The molecule has 0 spiro atoms. The highest BCUT2D eigenvalue weighted by molar-refractivity contribution is 6.33. The van der Waals surface area contributed by atoms with Crippen molar-refractivity contribution in [2.24, 2.45) is 0 Å². The number of aromatic nitrogens is 2. The number of hydrogen-bond donors (Lipinski definition) is 1. The molecule has 0 saturated carbocycles. The van der Waals surface area contributed by atoms with Crippen molar-refractivity contribution in [1.82, 2.24) is 9.97 Å². The van der Waals surface area contributed by atoms with Gasteiger partial charge >= 0.3 is 5.69 Å². The smallest absolute Gasteiger partial charge is 0.329 e. The third-order valence-corrected chi connectivity index (χ3v) is 2.88. The predicted molar refractivity (Wildman–Crippen MR) is 75.0 cm³/mol. The second kappa shape index (κ2) is 5.89. The molecule has 9 heteroatoms. The molecule has 0 unspecified atom stereocenters. The van der Waals surface area contributed by atoms with Gasteiger partial charge in [-0.15, -0.1) is 0 Å². The maximum Gasteiger partial charge on any atom is 0.329 e. The zero-order valence-corrected chi connectivity index (χ0v) is 11.6. The van der Waals surface area contributed by atoms with E-state index < -0.39 is 4.92 Å². The van der Waals surface area contributed by atoms with Crippen LogP contribution in [0.25, 0.3) is 0 Å². The maximum atomic E-state index is 10.9. The van der Waals surface area contributed by atoms with Crippen LogP contribution in [-0.4, -0.2) is 22.0 Å². The normalized spacial score (nSPS) is 10.2. The van der Waals surface area contributed by atoms with Crippen LogP contribution >= 0.6 is 23.2 Å². The second-order valence-corrected chi connectivity index (χ2v) is 4.35. The van der Waals surface area contributed by atoms with E-state index in [2.05, 4.69) is 15.3 Å². The molecule has 0 saturated heterocycles. The van der Waals surface area contributed by atoms with Crippen LogP contribution in [0.3, 0.4) is 0 Å². The van der Waals surface area contributed by atoms with Gasteiger partial charge < -0.3 is 10.1 Å². The third-order valence-electron chi connectivity index (χ3n) is 2.36. The summed E-state index contributed by atoms with van der Waals surface area (Å²) in [6, 6.07) is 4.84. The summed E-state index contributed by atoms with van der Waals surface area (Å²) in [7, 11) is 1.50. The minimum atomic E-state index is -0.618. The Morgan fingerprint density at radius 1 is 1.40 bits per heavy atom. The van der Waals surface area contributed by atoms with Crippen molar-refractivity contribution >= 4 is 40.4 Å². The van der Waals surface area contributed by atoms with Crippen molar-refractivity contribution in [3.8, 4) is 5.75 Å². The molecule has 1 aromatic heterocycles. The van der Waals surface area contributed by atoms with Crippen molar-refractivity contribution in [3.05, 3.63) is 44.8 Å². The first-order valence-electron chi connectivity index (χ1n) is 5.28. The quantitative estimate of drug-likeness (QED) is 0.528. The number of ether oxygens (including phenoxy) is 1. The summed E-state index contributed by atoms with van der Waals surface area (Å²) in [4.78, 5) is 17.7. The van der Waals surface area contributed by atoms with E-state index in [1.807, 2.05) is 0 Å². The number of anilines is 2.